The number of esters is 1. The van der Waals surface area contributed by atoms with Crippen LogP contribution < -0.4 is 5.63 Å². The summed E-state index contributed by atoms with van der Waals surface area (Å²) in [5.74, 6) is -1.94. The smallest absolute Gasteiger partial charge is 0.374 e. The van der Waals surface area contributed by atoms with Crippen molar-refractivity contribution in [3.8, 4) is 11.5 Å². The molecule has 100 valence electrons. The van der Waals surface area contributed by atoms with E-state index in [9.17, 15) is 19.8 Å². The van der Waals surface area contributed by atoms with Crippen molar-refractivity contribution < 1.29 is 24.2 Å². The number of hydrogen-bond donors (Lipinski definition) is 2. The molecular formula is C13H12O6. The minimum absolute atomic E-state index is 0.164. The number of phenols is 2. The van der Waals surface area contributed by atoms with E-state index in [2.05, 4.69) is 4.74 Å². The summed E-state index contributed by atoms with van der Waals surface area (Å²) in [6, 6.07) is 2.81. The Labute approximate surface area is 107 Å². The molecular weight excluding hydrogens is 252 g/mol. The molecule has 1 aromatic carbocycles. The predicted octanol–water partition coefficient (Wildman–Crippen LogP) is 1.55. The normalized spacial score (nSPS) is 10.6. The van der Waals surface area contributed by atoms with Crippen LogP contribution in [0.25, 0.3) is 10.8 Å². The standard InChI is InChI=1S/C13H12O6/c1-3-6-4-7-5-8(12(16)18-2)19-13(17)9(7)11(15)10(6)14/h4-5,14-15H,3H2,1-2H3. The van der Waals surface area contributed by atoms with Crippen LogP contribution in [0.4, 0.5) is 0 Å². The van der Waals surface area contributed by atoms with Crippen LogP contribution in [0, 0.1) is 0 Å². The highest BCUT2D eigenvalue weighted by Crippen LogP contribution is 2.35. The van der Waals surface area contributed by atoms with Crippen LogP contribution in [0.3, 0.4) is 0 Å². The van der Waals surface area contributed by atoms with Crippen molar-refractivity contribution in [1.82, 2.24) is 0 Å². The van der Waals surface area contributed by atoms with Gasteiger partial charge in [-0.2, -0.15) is 0 Å². The number of phenolic OH excluding ortho intramolecular Hbond substituents is 2. The van der Waals surface area contributed by atoms with Crippen LogP contribution in [-0.4, -0.2) is 23.3 Å². The first-order valence-corrected chi connectivity index (χ1v) is 5.59. The van der Waals surface area contributed by atoms with Gasteiger partial charge in [0, 0.05) is 0 Å². The van der Waals surface area contributed by atoms with E-state index in [1.807, 2.05) is 0 Å². The number of carbonyl (C=O) groups excluding carboxylic acids is 1. The zero-order valence-corrected chi connectivity index (χ0v) is 10.4. The highest BCUT2D eigenvalue weighted by Gasteiger charge is 2.18. The van der Waals surface area contributed by atoms with Gasteiger partial charge < -0.3 is 19.4 Å². The van der Waals surface area contributed by atoms with E-state index in [0.717, 1.165) is 7.11 Å². The number of rotatable bonds is 2. The molecule has 6 nitrogen and oxygen atoms in total. The maximum atomic E-state index is 11.7. The monoisotopic (exact) mass is 264 g/mol. The van der Waals surface area contributed by atoms with E-state index >= 15 is 0 Å². The highest BCUT2D eigenvalue weighted by atomic mass is 16.5. The lowest BCUT2D eigenvalue weighted by Gasteiger charge is -2.08. The zero-order valence-electron chi connectivity index (χ0n) is 10.4. The summed E-state index contributed by atoms with van der Waals surface area (Å²) in [4.78, 5) is 23.1. The van der Waals surface area contributed by atoms with Crippen LogP contribution in [0.1, 0.15) is 23.0 Å². The van der Waals surface area contributed by atoms with E-state index in [1.54, 1.807) is 6.92 Å². The number of hydrogen-bond acceptors (Lipinski definition) is 6. The summed E-state index contributed by atoms with van der Waals surface area (Å²) < 4.78 is 9.22. The Morgan fingerprint density at radius 1 is 1.32 bits per heavy atom. The second-order valence-corrected chi connectivity index (χ2v) is 3.94. The topological polar surface area (TPSA) is 97.0 Å². The molecule has 0 saturated heterocycles. The fourth-order valence-electron chi connectivity index (χ4n) is 1.86. The SMILES string of the molecule is CCc1cc2cc(C(=O)OC)oc(=O)c2c(O)c1O. The van der Waals surface area contributed by atoms with Gasteiger partial charge in [-0.15, -0.1) is 0 Å². The minimum Gasteiger partial charge on any atom is -0.504 e. The number of methoxy groups -OCH3 is 1. The van der Waals surface area contributed by atoms with Crippen molar-refractivity contribution in [2.75, 3.05) is 7.11 Å². The van der Waals surface area contributed by atoms with Gasteiger partial charge in [0.2, 0.25) is 5.76 Å². The average Bonchev–Trinajstić information content (AvgIpc) is 2.41. The molecule has 0 amide bonds. The van der Waals surface area contributed by atoms with Crippen LogP contribution >= 0.6 is 0 Å². The number of aryl methyl sites for hydroxylation is 1. The number of aromatic hydroxyl groups is 2. The first-order valence-electron chi connectivity index (χ1n) is 5.59. The molecule has 0 saturated carbocycles. The van der Waals surface area contributed by atoms with Gasteiger partial charge in [0.15, 0.2) is 11.5 Å². The summed E-state index contributed by atoms with van der Waals surface area (Å²) in [5.41, 5.74) is -0.445. The van der Waals surface area contributed by atoms with E-state index in [0.29, 0.717) is 17.4 Å². The fourth-order valence-corrected chi connectivity index (χ4v) is 1.86. The molecule has 0 bridgehead atoms. The number of ether oxygens (including phenoxy) is 1. The lowest BCUT2D eigenvalue weighted by molar-refractivity contribution is 0.0560. The van der Waals surface area contributed by atoms with Gasteiger partial charge in [0.1, 0.15) is 5.39 Å². The summed E-state index contributed by atoms with van der Waals surface area (Å²) in [5, 5.41) is 19.7. The zero-order chi connectivity index (χ0) is 14.2. The maximum Gasteiger partial charge on any atom is 0.374 e. The summed E-state index contributed by atoms with van der Waals surface area (Å²) in [7, 11) is 1.16. The number of fused-ring (bicyclic) bond motifs is 1. The van der Waals surface area contributed by atoms with Gasteiger partial charge in [-0.3, -0.25) is 0 Å². The molecule has 2 aromatic rings. The Balaban J connectivity index is 2.85. The number of carbonyl (C=O) groups is 1. The van der Waals surface area contributed by atoms with Crippen molar-refractivity contribution in [3.05, 3.63) is 33.9 Å². The number of benzene rings is 1. The Bertz CT molecular complexity index is 713. The lowest BCUT2D eigenvalue weighted by atomic mass is 10.0. The van der Waals surface area contributed by atoms with Gasteiger partial charge >= 0.3 is 11.6 Å². The third-order valence-corrected chi connectivity index (χ3v) is 2.84. The molecule has 1 heterocycles. The lowest BCUT2D eigenvalue weighted by Crippen LogP contribution is -2.08. The Hall–Kier alpha value is -2.50. The molecule has 2 N–H and O–H groups in total. The quantitative estimate of drug-likeness (QED) is 0.631. The second-order valence-electron chi connectivity index (χ2n) is 3.94. The molecule has 0 radical (unpaired) electrons. The van der Waals surface area contributed by atoms with Gasteiger partial charge in [0.05, 0.1) is 7.11 Å². The predicted molar refractivity (Wildman–Crippen MR) is 66.5 cm³/mol. The first-order chi connectivity index (χ1) is 8.99. The van der Waals surface area contributed by atoms with Crippen LogP contribution in [0.15, 0.2) is 21.3 Å². The second kappa shape index (κ2) is 4.64. The molecule has 0 aliphatic rings. The molecule has 0 fully saturated rings. The van der Waals surface area contributed by atoms with Gasteiger partial charge in [-0.1, -0.05) is 6.92 Å². The largest absolute Gasteiger partial charge is 0.504 e. The molecule has 1 aromatic heterocycles. The summed E-state index contributed by atoms with van der Waals surface area (Å²) in [6.45, 7) is 1.78. The maximum absolute atomic E-state index is 11.7. The van der Waals surface area contributed by atoms with Crippen molar-refractivity contribution in [3.63, 3.8) is 0 Å². The molecule has 0 unspecified atom stereocenters. The van der Waals surface area contributed by atoms with E-state index in [-0.39, 0.29) is 16.9 Å². The highest BCUT2D eigenvalue weighted by molar-refractivity contribution is 5.95. The van der Waals surface area contributed by atoms with E-state index in [4.69, 9.17) is 4.42 Å². The van der Waals surface area contributed by atoms with Crippen LogP contribution in [0.2, 0.25) is 0 Å². The molecule has 0 atom stereocenters. The van der Waals surface area contributed by atoms with Crippen molar-refractivity contribution >= 4 is 16.7 Å². The van der Waals surface area contributed by atoms with Gasteiger partial charge in [-0.05, 0) is 29.5 Å². The van der Waals surface area contributed by atoms with E-state index < -0.39 is 17.3 Å². The third kappa shape index (κ3) is 2.01. The van der Waals surface area contributed by atoms with Crippen molar-refractivity contribution in [2.45, 2.75) is 13.3 Å². The fraction of sp³-hybridized carbons (Fsp3) is 0.231. The molecule has 19 heavy (non-hydrogen) atoms. The van der Waals surface area contributed by atoms with Gasteiger partial charge in [-0.25, -0.2) is 9.59 Å². The molecule has 2 rings (SSSR count). The average molecular weight is 264 g/mol. The molecule has 0 aliphatic heterocycles. The first kappa shape index (κ1) is 12.9. The Kier molecular flexibility index (Phi) is 3.16. The minimum atomic E-state index is -0.909. The van der Waals surface area contributed by atoms with Crippen molar-refractivity contribution in [2.24, 2.45) is 0 Å². The van der Waals surface area contributed by atoms with E-state index in [1.165, 1.54) is 12.1 Å². The summed E-state index contributed by atoms with van der Waals surface area (Å²) >= 11 is 0. The Morgan fingerprint density at radius 3 is 2.58 bits per heavy atom. The molecule has 0 spiro atoms. The molecule has 6 heteroatoms. The van der Waals surface area contributed by atoms with Crippen LogP contribution in [0.5, 0.6) is 11.5 Å². The van der Waals surface area contributed by atoms with Gasteiger partial charge in [0.25, 0.3) is 0 Å². The Morgan fingerprint density at radius 2 is 2.00 bits per heavy atom. The molecule has 0 aliphatic carbocycles. The van der Waals surface area contributed by atoms with Crippen LogP contribution in [-0.2, 0) is 11.2 Å². The van der Waals surface area contributed by atoms with Crippen molar-refractivity contribution in [1.29, 1.82) is 0 Å². The third-order valence-electron chi connectivity index (χ3n) is 2.84. The summed E-state index contributed by atoms with van der Waals surface area (Å²) in [6.07, 6.45) is 0.461.